The molecule has 0 saturated carbocycles. The quantitative estimate of drug-likeness (QED) is 0.652. The Balaban J connectivity index is 1.59. The molecule has 1 aromatic carbocycles. The van der Waals surface area contributed by atoms with Crippen molar-refractivity contribution in [2.24, 2.45) is 5.73 Å². The molecule has 3 nitrogen and oxygen atoms in total. The number of unbranched alkanes of at least 4 members (excludes halogenated alkanes) is 3. The minimum atomic E-state index is 0.831. The highest BCUT2D eigenvalue weighted by Gasteiger charge is 2.09. The number of nitrogens with two attached hydrogens (primary N) is 1. The van der Waals surface area contributed by atoms with E-state index in [4.69, 9.17) is 5.73 Å². The van der Waals surface area contributed by atoms with Crippen LogP contribution in [0.15, 0.2) is 24.3 Å². The number of nitrogens with one attached hydrogen (secondary N) is 1. The standard InChI is InChI=1S/C19H33N3/c20-12-4-1-2-5-13-21-16-18-8-10-19(11-9-18)17-22-14-6-3-7-15-22/h8-11,21H,1-7,12-17,20H2. The number of benzene rings is 1. The molecule has 0 bridgehead atoms. The summed E-state index contributed by atoms with van der Waals surface area (Å²) in [5, 5.41) is 3.54. The van der Waals surface area contributed by atoms with Gasteiger partial charge in [-0.2, -0.15) is 0 Å². The highest BCUT2D eigenvalue weighted by molar-refractivity contribution is 5.22. The second kappa shape index (κ2) is 10.8. The molecule has 0 amide bonds. The number of hydrogen-bond donors (Lipinski definition) is 2. The van der Waals surface area contributed by atoms with Gasteiger partial charge in [0.15, 0.2) is 0 Å². The molecular weight excluding hydrogens is 270 g/mol. The molecule has 1 fully saturated rings. The van der Waals surface area contributed by atoms with Gasteiger partial charge in [-0.25, -0.2) is 0 Å². The Morgan fingerprint density at radius 2 is 1.55 bits per heavy atom. The van der Waals surface area contributed by atoms with Gasteiger partial charge in [-0.3, -0.25) is 4.90 Å². The van der Waals surface area contributed by atoms with Crippen molar-refractivity contribution in [3.63, 3.8) is 0 Å². The van der Waals surface area contributed by atoms with Gasteiger partial charge in [-0.15, -0.1) is 0 Å². The van der Waals surface area contributed by atoms with Crippen LogP contribution in [0.4, 0.5) is 0 Å². The minimum absolute atomic E-state index is 0.831. The molecule has 0 radical (unpaired) electrons. The fourth-order valence-electron chi connectivity index (χ4n) is 3.12. The first-order chi connectivity index (χ1) is 10.9. The lowest BCUT2D eigenvalue weighted by atomic mass is 10.1. The van der Waals surface area contributed by atoms with Gasteiger partial charge in [-0.05, 0) is 63.0 Å². The van der Waals surface area contributed by atoms with Crippen LogP contribution in [-0.2, 0) is 13.1 Å². The van der Waals surface area contributed by atoms with E-state index in [1.807, 2.05) is 0 Å². The van der Waals surface area contributed by atoms with Gasteiger partial charge >= 0.3 is 0 Å². The van der Waals surface area contributed by atoms with E-state index >= 15 is 0 Å². The molecule has 1 saturated heterocycles. The third kappa shape index (κ3) is 6.91. The van der Waals surface area contributed by atoms with Crippen LogP contribution >= 0.6 is 0 Å². The van der Waals surface area contributed by atoms with Crippen LogP contribution in [0.25, 0.3) is 0 Å². The monoisotopic (exact) mass is 303 g/mol. The molecule has 0 aliphatic carbocycles. The fraction of sp³-hybridized carbons (Fsp3) is 0.684. The van der Waals surface area contributed by atoms with E-state index in [0.29, 0.717) is 0 Å². The average Bonchev–Trinajstić information content (AvgIpc) is 2.56. The Morgan fingerprint density at radius 3 is 2.27 bits per heavy atom. The van der Waals surface area contributed by atoms with Gasteiger partial charge in [0.25, 0.3) is 0 Å². The molecule has 0 spiro atoms. The molecular formula is C19H33N3. The van der Waals surface area contributed by atoms with Crippen molar-refractivity contribution in [1.82, 2.24) is 10.2 Å². The lowest BCUT2D eigenvalue weighted by molar-refractivity contribution is 0.221. The molecule has 1 aliphatic heterocycles. The molecule has 3 N–H and O–H groups in total. The molecule has 1 heterocycles. The molecule has 1 aromatic rings. The minimum Gasteiger partial charge on any atom is -0.330 e. The molecule has 0 atom stereocenters. The summed E-state index contributed by atoms with van der Waals surface area (Å²) in [6, 6.07) is 9.15. The maximum atomic E-state index is 5.50. The first-order valence-corrected chi connectivity index (χ1v) is 9.09. The summed E-state index contributed by atoms with van der Waals surface area (Å²) in [6.07, 6.45) is 9.13. The van der Waals surface area contributed by atoms with Crippen molar-refractivity contribution in [2.45, 2.75) is 58.0 Å². The van der Waals surface area contributed by atoms with Crippen molar-refractivity contribution in [2.75, 3.05) is 26.2 Å². The van der Waals surface area contributed by atoms with E-state index < -0.39 is 0 Å². The number of rotatable bonds is 10. The number of nitrogens with zero attached hydrogens (tertiary/aromatic N) is 1. The summed E-state index contributed by atoms with van der Waals surface area (Å²) < 4.78 is 0. The maximum absolute atomic E-state index is 5.50. The first kappa shape index (κ1) is 17.5. The van der Waals surface area contributed by atoms with Crippen LogP contribution in [-0.4, -0.2) is 31.1 Å². The van der Waals surface area contributed by atoms with Gasteiger partial charge in [0.2, 0.25) is 0 Å². The van der Waals surface area contributed by atoms with Crippen molar-refractivity contribution in [1.29, 1.82) is 0 Å². The molecule has 2 rings (SSSR count). The number of hydrogen-bond acceptors (Lipinski definition) is 3. The summed E-state index contributed by atoms with van der Waals surface area (Å²) in [5.41, 5.74) is 8.34. The van der Waals surface area contributed by atoms with E-state index in [0.717, 1.165) is 26.2 Å². The van der Waals surface area contributed by atoms with Gasteiger partial charge in [0, 0.05) is 13.1 Å². The van der Waals surface area contributed by atoms with E-state index in [9.17, 15) is 0 Å². The molecule has 3 heteroatoms. The zero-order valence-electron chi connectivity index (χ0n) is 14.0. The Hall–Kier alpha value is -0.900. The SMILES string of the molecule is NCCCCCCNCc1ccc(CN2CCCCC2)cc1. The highest BCUT2D eigenvalue weighted by atomic mass is 15.1. The third-order valence-electron chi connectivity index (χ3n) is 4.51. The summed E-state index contributed by atoms with van der Waals surface area (Å²) in [6.45, 7) is 6.59. The largest absolute Gasteiger partial charge is 0.330 e. The zero-order valence-corrected chi connectivity index (χ0v) is 14.0. The second-order valence-electron chi connectivity index (χ2n) is 6.53. The molecule has 22 heavy (non-hydrogen) atoms. The van der Waals surface area contributed by atoms with Crippen LogP contribution in [0.5, 0.6) is 0 Å². The predicted octanol–water partition coefficient (Wildman–Crippen LogP) is 3.28. The topological polar surface area (TPSA) is 41.3 Å². The molecule has 124 valence electrons. The molecule has 1 aliphatic rings. The van der Waals surface area contributed by atoms with Crippen LogP contribution in [0.3, 0.4) is 0 Å². The average molecular weight is 303 g/mol. The predicted molar refractivity (Wildman–Crippen MR) is 94.8 cm³/mol. The fourth-order valence-corrected chi connectivity index (χ4v) is 3.12. The Labute approximate surface area is 136 Å². The summed E-state index contributed by atoms with van der Waals surface area (Å²) in [4.78, 5) is 2.58. The Morgan fingerprint density at radius 1 is 0.864 bits per heavy atom. The van der Waals surface area contributed by atoms with Crippen molar-refractivity contribution in [3.05, 3.63) is 35.4 Å². The maximum Gasteiger partial charge on any atom is 0.0233 e. The van der Waals surface area contributed by atoms with Crippen molar-refractivity contribution >= 4 is 0 Å². The van der Waals surface area contributed by atoms with Crippen LogP contribution in [0.1, 0.15) is 56.1 Å². The number of likely N-dealkylation sites (tertiary alicyclic amines) is 1. The second-order valence-corrected chi connectivity index (χ2v) is 6.53. The van der Waals surface area contributed by atoms with Crippen molar-refractivity contribution < 1.29 is 0 Å². The van der Waals surface area contributed by atoms with E-state index in [1.165, 1.54) is 69.2 Å². The Bertz CT molecular complexity index is 382. The van der Waals surface area contributed by atoms with E-state index in [-0.39, 0.29) is 0 Å². The Kier molecular flexibility index (Phi) is 8.54. The van der Waals surface area contributed by atoms with Crippen LogP contribution in [0, 0.1) is 0 Å². The lowest BCUT2D eigenvalue weighted by Crippen LogP contribution is -2.29. The first-order valence-electron chi connectivity index (χ1n) is 9.09. The third-order valence-corrected chi connectivity index (χ3v) is 4.51. The zero-order chi connectivity index (χ0) is 15.5. The smallest absolute Gasteiger partial charge is 0.0233 e. The number of piperidine rings is 1. The normalized spacial score (nSPS) is 16.0. The van der Waals surface area contributed by atoms with Crippen LogP contribution in [0.2, 0.25) is 0 Å². The van der Waals surface area contributed by atoms with Gasteiger partial charge in [0.1, 0.15) is 0 Å². The van der Waals surface area contributed by atoms with Gasteiger partial charge < -0.3 is 11.1 Å². The summed E-state index contributed by atoms with van der Waals surface area (Å²) >= 11 is 0. The summed E-state index contributed by atoms with van der Waals surface area (Å²) in [7, 11) is 0. The molecule has 0 aromatic heterocycles. The lowest BCUT2D eigenvalue weighted by Gasteiger charge is -2.26. The summed E-state index contributed by atoms with van der Waals surface area (Å²) in [5.74, 6) is 0. The van der Waals surface area contributed by atoms with Gasteiger partial charge in [-0.1, -0.05) is 43.5 Å². The van der Waals surface area contributed by atoms with E-state index in [2.05, 4.69) is 34.5 Å². The van der Waals surface area contributed by atoms with Crippen molar-refractivity contribution in [3.8, 4) is 0 Å². The molecule has 0 unspecified atom stereocenters. The van der Waals surface area contributed by atoms with Crippen LogP contribution < -0.4 is 11.1 Å². The van der Waals surface area contributed by atoms with E-state index in [1.54, 1.807) is 0 Å². The highest BCUT2D eigenvalue weighted by Crippen LogP contribution is 2.13. The van der Waals surface area contributed by atoms with Gasteiger partial charge in [0.05, 0.1) is 0 Å².